The van der Waals surface area contributed by atoms with E-state index in [4.69, 9.17) is 4.98 Å². The molecule has 2 fully saturated rings. The SMILES string of the molecule is [2H]C(Nc1cc(C2CC2)c2ncc(C#N)c(NCC(C)(C)C)c2c1)(c1ccc(F)cc1)c1cn(C2CC2)nn1. The predicted molar refractivity (Wildman–Crippen MR) is 147 cm³/mol. The fourth-order valence-corrected chi connectivity index (χ4v) is 4.69. The molecular formula is C30H32FN7. The van der Waals surface area contributed by atoms with E-state index in [1.807, 2.05) is 16.9 Å². The van der Waals surface area contributed by atoms with Gasteiger partial charge in [0.25, 0.3) is 0 Å². The van der Waals surface area contributed by atoms with Crippen molar-refractivity contribution in [3.8, 4) is 6.07 Å². The Bertz CT molecular complexity index is 1580. The average Bonchev–Trinajstić information content (AvgIpc) is 3.85. The molecule has 0 amide bonds. The quantitative estimate of drug-likeness (QED) is 0.274. The Morgan fingerprint density at radius 3 is 2.61 bits per heavy atom. The van der Waals surface area contributed by atoms with E-state index in [0.717, 1.165) is 47.8 Å². The molecule has 194 valence electrons. The van der Waals surface area contributed by atoms with Crippen LogP contribution in [0.5, 0.6) is 0 Å². The number of pyridine rings is 1. The molecule has 0 bridgehead atoms. The number of aromatic nitrogens is 4. The summed E-state index contributed by atoms with van der Waals surface area (Å²) in [6.07, 6.45) is 7.71. The van der Waals surface area contributed by atoms with E-state index in [1.165, 1.54) is 12.1 Å². The van der Waals surface area contributed by atoms with Crippen LogP contribution in [0, 0.1) is 22.6 Å². The number of anilines is 2. The number of nitrogens with zero attached hydrogens (tertiary/aromatic N) is 5. The van der Waals surface area contributed by atoms with E-state index in [9.17, 15) is 11.0 Å². The van der Waals surface area contributed by atoms with Crippen LogP contribution in [0.1, 0.15) is 88.2 Å². The molecule has 2 saturated carbocycles. The molecule has 0 spiro atoms. The molecule has 2 N–H and O–H groups in total. The lowest BCUT2D eigenvalue weighted by Gasteiger charge is -2.23. The monoisotopic (exact) mass is 510 g/mol. The second-order valence-electron chi connectivity index (χ2n) is 11.6. The molecule has 2 aliphatic rings. The highest BCUT2D eigenvalue weighted by atomic mass is 19.1. The van der Waals surface area contributed by atoms with Crippen LogP contribution >= 0.6 is 0 Å². The minimum Gasteiger partial charge on any atom is -0.383 e. The number of benzene rings is 2. The van der Waals surface area contributed by atoms with Crippen LogP contribution in [-0.2, 0) is 0 Å². The van der Waals surface area contributed by atoms with Crippen molar-refractivity contribution in [2.75, 3.05) is 17.2 Å². The topological polar surface area (TPSA) is 91.5 Å². The number of nitriles is 1. The lowest BCUT2D eigenvalue weighted by molar-refractivity contribution is 0.443. The highest BCUT2D eigenvalue weighted by Crippen LogP contribution is 2.46. The lowest BCUT2D eigenvalue weighted by atomic mass is 9.96. The maximum absolute atomic E-state index is 13.9. The Kier molecular flexibility index (Phi) is 5.72. The summed E-state index contributed by atoms with van der Waals surface area (Å²) in [5.74, 6) is 0.0148. The summed E-state index contributed by atoms with van der Waals surface area (Å²) >= 11 is 0. The Morgan fingerprint density at radius 1 is 1.18 bits per heavy atom. The second-order valence-corrected chi connectivity index (χ2v) is 11.6. The number of rotatable bonds is 8. The summed E-state index contributed by atoms with van der Waals surface area (Å²) < 4.78 is 25.3. The van der Waals surface area contributed by atoms with Gasteiger partial charge in [-0.1, -0.05) is 38.1 Å². The third kappa shape index (κ3) is 5.06. The van der Waals surface area contributed by atoms with Gasteiger partial charge in [0.05, 0.1) is 36.4 Å². The van der Waals surface area contributed by atoms with Crippen LogP contribution in [0.4, 0.5) is 15.8 Å². The van der Waals surface area contributed by atoms with Crippen LogP contribution in [0.2, 0.25) is 0 Å². The van der Waals surface area contributed by atoms with Gasteiger partial charge in [0, 0.05) is 23.8 Å². The first-order valence-electron chi connectivity index (χ1n) is 13.7. The first-order valence-corrected chi connectivity index (χ1v) is 13.2. The molecule has 8 heteroatoms. The zero-order chi connectivity index (χ0) is 27.4. The van der Waals surface area contributed by atoms with E-state index in [0.29, 0.717) is 41.0 Å². The summed E-state index contributed by atoms with van der Waals surface area (Å²) in [5.41, 5.74) is 4.90. The summed E-state index contributed by atoms with van der Waals surface area (Å²) in [7, 11) is 0. The standard InChI is InChI=1S/C30H32FN7/c1-30(2,3)17-34-27-20(14-32)15-33-29-24(18-4-5-18)12-22(13-25(27)29)35-28(19-6-8-21(31)9-7-19)26-16-38(37-36-26)23-10-11-23/h6-9,12-13,15-16,18,23,28,35H,4-5,10-11,17H2,1-3H3,(H,33,34)/i28D. The molecule has 6 rings (SSSR count). The van der Waals surface area contributed by atoms with Crippen molar-refractivity contribution in [1.82, 2.24) is 20.0 Å². The second kappa shape index (κ2) is 9.39. The molecule has 7 nitrogen and oxygen atoms in total. The number of hydrogen-bond acceptors (Lipinski definition) is 6. The van der Waals surface area contributed by atoms with Gasteiger partial charge in [-0.3, -0.25) is 4.98 Å². The molecule has 4 aromatic rings. The maximum Gasteiger partial charge on any atom is 0.123 e. The summed E-state index contributed by atoms with van der Waals surface area (Å²) in [4.78, 5) is 4.71. The lowest BCUT2D eigenvalue weighted by Crippen LogP contribution is -2.20. The van der Waals surface area contributed by atoms with Crippen molar-refractivity contribution in [2.24, 2.45) is 5.41 Å². The first kappa shape index (κ1) is 23.2. The third-order valence-corrected chi connectivity index (χ3v) is 7.02. The van der Waals surface area contributed by atoms with Crippen LogP contribution < -0.4 is 10.6 Å². The van der Waals surface area contributed by atoms with Crippen molar-refractivity contribution < 1.29 is 5.76 Å². The first-order chi connectivity index (χ1) is 18.6. The van der Waals surface area contributed by atoms with E-state index in [1.54, 1.807) is 18.3 Å². The minimum absolute atomic E-state index is 0.00377. The van der Waals surface area contributed by atoms with Gasteiger partial charge in [-0.2, -0.15) is 5.26 Å². The predicted octanol–water partition coefficient (Wildman–Crippen LogP) is 6.71. The molecule has 0 radical (unpaired) electrons. The van der Waals surface area contributed by atoms with Crippen molar-refractivity contribution in [1.29, 1.82) is 5.26 Å². The van der Waals surface area contributed by atoms with Gasteiger partial charge in [-0.05, 0) is 72.4 Å². The Morgan fingerprint density at radius 2 is 1.95 bits per heavy atom. The van der Waals surface area contributed by atoms with Gasteiger partial charge in [0.1, 0.15) is 17.6 Å². The summed E-state index contributed by atoms with van der Waals surface area (Å²) in [6.45, 7) is 7.11. The van der Waals surface area contributed by atoms with Gasteiger partial charge in [0.2, 0.25) is 0 Å². The number of halogens is 1. The minimum atomic E-state index is -1.52. The Hall–Kier alpha value is -3.99. The van der Waals surface area contributed by atoms with E-state index in [-0.39, 0.29) is 11.2 Å². The van der Waals surface area contributed by atoms with Gasteiger partial charge in [-0.15, -0.1) is 5.10 Å². The molecule has 0 saturated heterocycles. The zero-order valence-corrected chi connectivity index (χ0v) is 21.9. The molecule has 1 atom stereocenters. The third-order valence-electron chi connectivity index (χ3n) is 7.02. The fraction of sp³-hybridized carbons (Fsp3) is 0.400. The molecule has 1 unspecified atom stereocenters. The molecule has 0 aliphatic heterocycles. The fourth-order valence-electron chi connectivity index (χ4n) is 4.69. The maximum atomic E-state index is 13.9. The largest absolute Gasteiger partial charge is 0.383 e. The van der Waals surface area contributed by atoms with Gasteiger partial charge < -0.3 is 10.6 Å². The van der Waals surface area contributed by atoms with E-state index < -0.39 is 6.02 Å². The van der Waals surface area contributed by atoms with Crippen LogP contribution in [0.15, 0.2) is 48.8 Å². The van der Waals surface area contributed by atoms with E-state index >= 15 is 0 Å². The van der Waals surface area contributed by atoms with Crippen LogP contribution in [-0.4, -0.2) is 26.5 Å². The smallest absolute Gasteiger partial charge is 0.123 e. The molecular weight excluding hydrogens is 477 g/mol. The molecule has 2 aromatic heterocycles. The van der Waals surface area contributed by atoms with Gasteiger partial charge in [-0.25, -0.2) is 9.07 Å². The Labute approximate surface area is 223 Å². The van der Waals surface area contributed by atoms with Crippen molar-refractivity contribution in [3.05, 3.63) is 77.0 Å². The van der Waals surface area contributed by atoms with Crippen molar-refractivity contribution in [2.45, 2.75) is 64.4 Å². The van der Waals surface area contributed by atoms with E-state index in [2.05, 4.69) is 53.9 Å². The van der Waals surface area contributed by atoms with Crippen molar-refractivity contribution in [3.63, 3.8) is 0 Å². The normalized spacial score (nSPS) is 17.5. The van der Waals surface area contributed by atoms with Crippen LogP contribution in [0.25, 0.3) is 10.9 Å². The molecule has 2 heterocycles. The Balaban J connectivity index is 1.49. The molecule has 38 heavy (non-hydrogen) atoms. The molecule has 2 aromatic carbocycles. The number of nitrogens with one attached hydrogen (secondary N) is 2. The number of fused-ring (bicyclic) bond motifs is 1. The zero-order valence-electron chi connectivity index (χ0n) is 22.9. The number of hydrogen-bond donors (Lipinski definition) is 2. The van der Waals surface area contributed by atoms with Gasteiger partial charge in [0.15, 0.2) is 0 Å². The van der Waals surface area contributed by atoms with Crippen LogP contribution in [0.3, 0.4) is 0 Å². The van der Waals surface area contributed by atoms with Crippen molar-refractivity contribution >= 4 is 22.3 Å². The highest BCUT2D eigenvalue weighted by molar-refractivity contribution is 5.98. The molecule has 2 aliphatic carbocycles. The summed E-state index contributed by atoms with van der Waals surface area (Å²) in [6, 6.07) is 11.1. The van der Waals surface area contributed by atoms with Gasteiger partial charge >= 0.3 is 0 Å². The average molecular weight is 511 g/mol. The highest BCUT2D eigenvalue weighted by Gasteiger charge is 2.30. The summed E-state index contributed by atoms with van der Waals surface area (Å²) in [5, 5.41) is 26.4.